The van der Waals surface area contributed by atoms with Crippen molar-refractivity contribution in [2.75, 3.05) is 24.5 Å². The second-order valence-corrected chi connectivity index (χ2v) is 7.36. The van der Waals surface area contributed by atoms with Crippen LogP contribution in [0.15, 0.2) is 61.6 Å². The van der Waals surface area contributed by atoms with E-state index >= 15 is 0 Å². The summed E-state index contributed by atoms with van der Waals surface area (Å²) in [6.45, 7) is 4.18. The van der Waals surface area contributed by atoms with Crippen LogP contribution in [0, 0.1) is 0 Å². The number of carbonyl (C=O) groups is 1. The molecule has 0 aliphatic carbocycles. The number of hydrogen-bond donors (Lipinski definition) is 0. The van der Waals surface area contributed by atoms with E-state index in [9.17, 15) is 4.79 Å². The fourth-order valence-corrected chi connectivity index (χ4v) is 3.93. The van der Waals surface area contributed by atoms with Crippen molar-refractivity contribution in [1.29, 1.82) is 0 Å². The van der Waals surface area contributed by atoms with Crippen LogP contribution < -0.4 is 4.90 Å². The molecule has 1 saturated heterocycles. The first-order valence-corrected chi connectivity index (χ1v) is 10.0. The summed E-state index contributed by atoms with van der Waals surface area (Å²) in [5, 5.41) is 4.25. The summed E-state index contributed by atoms with van der Waals surface area (Å²) < 4.78 is 3.59. The first kappa shape index (κ1) is 18.3. The zero-order chi connectivity index (χ0) is 20.5. The van der Waals surface area contributed by atoms with Crippen LogP contribution in [-0.4, -0.2) is 65.6 Å². The SMILES string of the molecule is C[C@@H]1CCN(c2nccn3ccnc23)CCN1C(=O)c1cccnc1-n1cccn1. The van der Waals surface area contributed by atoms with E-state index in [1.54, 1.807) is 41.7 Å². The average Bonchev–Trinajstić information content (AvgIpc) is 3.44. The molecule has 0 bridgehead atoms. The van der Waals surface area contributed by atoms with Crippen LogP contribution in [0.5, 0.6) is 0 Å². The average molecular weight is 402 g/mol. The summed E-state index contributed by atoms with van der Waals surface area (Å²) in [6, 6.07) is 5.51. The number of nitrogens with zero attached hydrogens (tertiary/aromatic N) is 8. The largest absolute Gasteiger partial charge is 0.352 e. The highest BCUT2D eigenvalue weighted by atomic mass is 16.2. The molecule has 1 atom stereocenters. The number of rotatable bonds is 3. The Morgan fingerprint density at radius 3 is 2.60 bits per heavy atom. The number of hydrogen-bond acceptors (Lipinski definition) is 6. The van der Waals surface area contributed by atoms with Gasteiger partial charge in [0.15, 0.2) is 17.3 Å². The molecule has 5 rings (SSSR count). The molecule has 9 nitrogen and oxygen atoms in total. The lowest BCUT2D eigenvalue weighted by atomic mass is 10.1. The Morgan fingerprint density at radius 1 is 0.933 bits per heavy atom. The van der Waals surface area contributed by atoms with Crippen molar-refractivity contribution in [2.45, 2.75) is 19.4 Å². The number of carbonyl (C=O) groups excluding carboxylic acids is 1. The Labute approximate surface area is 173 Å². The molecule has 1 aliphatic rings. The zero-order valence-corrected chi connectivity index (χ0v) is 16.7. The van der Waals surface area contributed by atoms with E-state index in [2.05, 4.69) is 31.9 Å². The van der Waals surface area contributed by atoms with Gasteiger partial charge in [-0.2, -0.15) is 5.10 Å². The summed E-state index contributed by atoms with van der Waals surface area (Å²) in [5.74, 6) is 1.36. The number of anilines is 1. The maximum Gasteiger partial charge on any atom is 0.257 e. The van der Waals surface area contributed by atoms with Crippen molar-refractivity contribution in [2.24, 2.45) is 0 Å². The van der Waals surface area contributed by atoms with Crippen LogP contribution >= 0.6 is 0 Å². The minimum absolute atomic E-state index is 0.0325. The Kier molecular flexibility index (Phi) is 4.62. The van der Waals surface area contributed by atoms with Crippen molar-refractivity contribution in [1.82, 2.24) is 34.0 Å². The Balaban J connectivity index is 1.42. The quantitative estimate of drug-likeness (QED) is 0.522. The van der Waals surface area contributed by atoms with E-state index in [1.807, 2.05) is 33.8 Å². The third kappa shape index (κ3) is 3.18. The summed E-state index contributed by atoms with van der Waals surface area (Å²) in [7, 11) is 0. The fraction of sp³-hybridized carbons (Fsp3) is 0.286. The van der Waals surface area contributed by atoms with Gasteiger partial charge in [-0.15, -0.1) is 0 Å². The van der Waals surface area contributed by atoms with Gasteiger partial charge in [0, 0.05) is 69.1 Å². The summed E-state index contributed by atoms with van der Waals surface area (Å²) in [4.78, 5) is 31.0. The van der Waals surface area contributed by atoms with Gasteiger partial charge >= 0.3 is 0 Å². The third-order valence-corrected chi connectivity index (χ3v) is 5.55. The van der Waals surface area contributed by atoms with E-state index in [1.165, 1.54) is 0 Å². The molecular weight excluding hydrogens is 380 g/mol. The molecule has 1 amide bonds. The Bertz CT molecular complexity index is 1170. The monoisotopic (exact) mass is 402 g/mol. The smallest absolute Gasteiger partial charge is 0.257 e. The summed E-state index contributed by atoms with van der Waals surface area (Å²) >= 11 is 0. The van der Waals surface area contributed by atoms with Crippen molar-refractivity contribution in [3.63, 3.8) is 0 Å². The van der Waals surface area contributed by atoms with Crippen molar-refractivity contribution < 1.29 is 4.79 Å². The van der Waals surface area contributed by atoms with Crippen LogP contribution in [0.1, 0.15) is 23.7 Å². The highest BCUT2D eigenvalue weighted by molar-refractivity contribution is 5.97. The van der Waals surface area contributed by atoms with Crippen LogP contribution in [0.3, 0.4) is 0 Å². The molecule has 1 aliphatic heterocycles. The summed E-state index contributed by atoms with van der Waals surface area (Å²) in [6.07, 6.45) is 13.4. The molecular formula is C21H22N8O. The molecule has 5 heterocycles. The van der Waals surface area contributed by atoms with E-state index in [0.717, 1.165) is 24.4 Å². The van der Waals surface area contributed by atoms with E-state index in [0.29, 0.717) is 24.5 Å². The van der Waals surface area contributed by atoms with E-state index < -0.39 is 0 Å². The topological polar surface area (TPSA) is 84.5 Å². The van der Waals surface area contributed by atoms with Crippen LogP contribution in [0.25, 0.3) is 11.5 Å². The minimum Gasteiger partial charge on any atom is -0.352 e. The minimum atomic E-state index is -0.0325. The molecule has 0 aromatic carbocycles. The van der Waals surface area contributed by atoms with Gasteiger partial charge in [0.2, 0.25) is 0 Å². The fourth-order valence-electron chi connectivity index (χ4n) is 3.93. The standard InChI is InChI=1S/C21H22N8O/c1-16-5-11-26(19-20-24-9-13-27(20)12-8-23-19)14-15-28(16)21(30)17-4-2-6-22-18(17)29-10-3-7-25-29/h2-4,6-10,12-13,16H,5,11,14-15H2,1H3/t16-/m1/s1. The molecule has 0 unspecified atom stereocenters. The van der Waals surface area contributed by atoms with Crippen molar-refractivity contribution in [3.8, 4) is 5.82 Å². The Morgan fingerprint density at radius 2 is 1.77 bits per heavy atom. The predicted octanol–water partition coefficient (Wildman–Crippen LogP) is 2.05. The maximum absolute atomic E-state index is 13.5. The van der Waals surface area contributed by atoms with Gasteiger partial charge in [0.1, 0.15) is 0 Å². The van der Waals surface area contributed by atoms with Crippen LogP contribution in [0.2, 0.25) is 0 Å². The molecule has 0 saturated carbocycles. The molecule has 152 valence electrons. The lowest BCUT2D eigenvalue weighted by Gasteiger charge is -2.27. The van der Waals surface area contributed by atoms with Gasteiger partial charge < -0.3 is 14.2 Å². The van der Waals surface area contributed by atoms with Gasteiger partial charge in [-0.1, -0.05) is 0 Å². The molecule has 30 heavy (non-hydrogen) atoms. The lowest BCUT2D eigenvalue weighted by molar-refractivity contribution is 0.0704. The van der Waals surface area contributed by atoms with Gasteiger partial charge in [0.25, 0.3) is 5.91 Å². The molecule has 4 aromatic rings. The third-order valence-electron chi connectivity index (χ3n) is 5.55. The highest BCUT2D eigenvalue weighted by Crippen LogP contribution is 2.23. The number of amides is 1. The molecule has 0 radical (unpaired) electrons. The summed E-state index contributed by atoms with van der Waals surface area (Å²) in [5.41, 5.74) is 1.38. The number of pyridine rings is 1. The van der Waals surface area contributed by atoms with Gasteiger partial charge in [-0.3, -0.25) is 4.79 Å². The van der Waals surface area contributed by atoms with E-state index in [-0.39, 0.29) is 11.9 Å². The predicted molar refractivity (Wildman–Crippen MR) is 112 cm³/mol. The number of aromatic nitrogens is 6. The van der Waals surface area contributed by atoms with Gasteiger partial charge in [-0.25, -0.2) is 19.6 Å². The lowest BCUT2D eigenvalue weighted by Crippen LogP contribution is -2.40. The first-order chi connectivity index (χ1) is 14.7. The molecule has 0 spiro atoms. The molecule has 4 aromatic heterocycles. The molecule has 1 fully saturated rings. The van der Waals surface area contributed by atoms with Gasteiger partial charge in [-0.05, 0) is 31.5 Å². The maximum atomic E-state index is 13.5. The highest BCUT2D eigenvalue weighted by Gasteiger charge is 2.29. The van der Waals surface area contributed by atoms with Crippen LogP contribution in [0.4, 0.5) is 5.82 Å². The van der Waals surface area contributed by atoms with Crippen LogP contribution in [-0.2, 0) is 0 Å². The number of imidazole rings is 1. The van der Waals surface area contributed by atoms with E-state index in [4.69, 9.17) is 0 Å². The molecule has 0 N–H and O–H groups in total. The first-order valence-electron chi connectivity index (χ1n) is 10.0. The Hall–Kier alpha value is -3.75. The van der Waals surface area contributed by atoms with Gasteiger partial charge in [0.05, 0.1) is 5.56 Å². The second-order valence-electron chi connectivity index (χ2n) is 7.36. The number of fused-ring (bicyclic) bond motifs is 1. The zero-order valence-electron chi connectivity index (χ0n) is 16.7. The molecule has 9 heteroatoms. The van der Waals surface area contributed by atoms with Crippen molar-refractivity contribution >= 4 is 17.4 Å². The normalized spacial score (nSPS) is 17.3. The second kappa shape index (κ2) is 7.58. The van der Waals surface area contributed by atoms with Crippen molar-refractivity contribution in [3.05, 3.63) is 67.1 Å².